The van der Waals surface area contributed by atoms with Gasteiger partial charge in [0.05, 0.1) is 12.6 Å². The van der Waals surface area contributed by atoms with Crippen LogP contribution in [0.1, 0.15) is 45.4 Å². The van der Waals surface area contributed by atoms with Crippen LogP contribution in [0, 0.1) is 17.8 Å². The Morgan fingerprint density at radius 3 is 2.42 bits per heavy atom. The molecule has 1 aliphatic heterocycles. The van der Waals surface area contributed by atoms with Crippen molar-refractivity contribution in [1.82, 2.24) is 4.90 Å². The van der Waals surface area contributed by atoms with Crippen LogP contribution in [0.3, 0.4) is 0 Å². The van der Waals surface area contributed by atoms with Gasteiger partial charge in [-0.1, -0.05) is 6.92 Å². The van der Waals surface area contributed by atoms with Crippen molar-refractivity contribution in [1.29, 1.82) is 0 Å². The molecule has 2 rings (SSSR count). The third kappa shape index (κ3) is 3.48. The van der Waals surface area contributed by atoms with Gasteiger partial charge in [0.15, 0.2) is 0 Å². The summed E-state index contributed by atoms with van der Waals surface area (Å²) < 4.78 is 0. The Labute approximate surface area is 116 Å². The molecule has 110 valence electrons. The molecule has 1 saturated carbocycles. The minimum Gasteiger partial charge on any atom is -0.394 e. The fraction of sp³-hybridized carbons (Fsp3) is 0.933. The van der Waals surface area contributed by atoms with E-state index in [0.717, 1.165) is 32.4 Å². The van der Waals surface area contributed by atoms with Crippen LogP contribution in [0.5, 0.6) is 0 Å². The van der Waals surface area contributed by atoms with E-state index >= 15 is 0 Å². The molecule has 0 aromatic rings. The van der Waals surface area contributed by atoms with Crippen molar-refractivity contribution < 1.29 is 9.90 Å². The molecule has 19 heavy (non-hydrogen) atoms. The lowest BCUT2D eigenvalue weighted by Gasteiger charge is -2.30. The first-order valence-electron chi connectivity index (χ1n) is 7.76. The molecule has 2 aliphatic rings. The maximum atomic E-state index is 12.4. The molecule has 1 saturated heterocycles. The van der Waals surface area contributed by atoms with Gasteiger partial charge in [-0.15, -0.1) is 0 Å². The molecule has 2 fully saturated rings. The third-order valence-electron chi connectivity index (χ3n) is 5.15. The van der Waals surface area contributed by atoms with Gasteiger partial charge in [0, 0.05) is 13.0 Å². The molecule has 3 N–H and O–H groups in total. The van der Waals surface area contributed by atoms with Crippen molar-refractivity contribution in [3.05, 3.63) is 0 Å². The van der Waals surface area contributed by atoms with Crippen LogP contribution >= 0.6 is 0 Å². The van der Waals surface area contributed by atoms with Gasteiger partial charge in [0.1, 0.15) is 0 Å². The summed E-state index contributed by atoms with van der Waals surface area (Å²) in [7, 11) is 0. The number of likely N-dealkylation sites (tertiary alicyclic amines) is 1. The lowest BCUT2D eigenvalue weighted by Crippen LogP contribution is -2.40. The first kappa shape index (κ1) is 14.8. The summed E-state index contributed by atoms with van der Waals surface area (Å²) >= 11 is 0. The van der Waals surface area contributed by atoms with Crippen molar-refractivity contribution in [3.8, 4) is 0 Å². The zero-order valence-corrected chi connectivity index (χ0v) is 12.1. The lowest BCUT2D eigenvalue weighted by molar-refractivity contribution is -0.134. The van der Waals surface area contributed by atoms with Gasteiger partial charge in [-0.2, -0.15) is 0 Å². The van der Waals surface area contributed by atoms with Crippen molar-refractivity contribution in [2.24, 2.45) is 23.5 Å². The van der Waals surface area contributed by atoms with Crippen molar-refractivity contribution >= 4 is 5.91 Å². The predicted molar refractivity (Wildman–Crippen MR) is 75.5 cm³/mol. The molecule has 0 aromatic carbocycles. The maximum absolute atomic E-state index is 12.4. The van der Waals surface area contributed by atoms with E-state index in [2.05, 4.69) is 6.92 Å². The minimum atomic E-state index is 0.0490. The zero-order valence-electron chi connectivity index (χ0n) is 12.1. The van der Waals surface area contributed by atoms with Gasteiger partial charge < -0.3 is 15.7 Å². The average Bonchev–Trinajstić information content (AvgIpc) is 2.80. The van der Waals surface area contributed by atoms with Crippen LogP contribution in [0.4, 0.5) is 0 Å². The summed E-state index contributed by atoms with van der Waals surface area (Å²) in [6.07, 6.45) is 6.32. The normalized spacial score (nSPS) is 35.6. The third-order valence-corrected chi connectivity index (χ3v) is 5.15. The molecule has 1 aliphatic carbocycles. The molecule has 4 nitrogen and oxygen atoms in total. The van der Waals surface area contributed by atoms with E-state index in [4.69, 9.17) is 5.73 Å². The minimum absolute atomic E-state index is 0.0490. The van der Waals surface area contributed by atoms with Crippen LogP contribution in [-0.4, -0.2) is 41.7 Å². The predicted octanol–water partition coefficient (Wildman–Crippen LogP) is 1.37. The second kappa shape index (κ2) is 6.71. The van der Waals surface area contributed by atoms with E-state index in [0.29, 0.717) is 24.2 Å². The number of nitrogens with zero attached hydrogens (tertiary/aromatic N) is 1. The Hall–Kier alpha value is -0.610. The number of aliphatic hydroxyl groups is 1. The van der Waals surface area contributed by atoms with Crippen LogP contribution < -0.4 is 5.73 Å². The highest BCUT2D eigenvalue weighted by Crippen LogP contribution is 2.32. The summed E-state index contributed by atoms with van der Waals surface area (Å²) in [6.45, 7) is 3.84. The van der Waals surface area contributed by atoms with E-state index in [-0.39, 0.29) is 18.6 Å². The second-order valence-electron chi connectivity index (χ2n) is 6.43. The monoisotopic (exact) mass is 268 g/mol. The van der Waals surface area contributed by atoms with Crippen molar-refractivity contribution in [3.63, 3.8) is 0 Å². The number of rotatable bonds is 4. The smallest absolute Gasteiger partial charge is 0.223 e. The number of hydrogen-bond donors (Lipinski definition) is 2. The highest BCUT2D eigenvalue weighted by molar-refractivity contribution is 5.77. The van der Waals surface area contributed by atoms with Crippen LogP contribution in [-0.2, 0) is 4.79 Å². The van der Waals surface area contributed by atoms with Crippen molar-refractivity contribution in [2.75, 3.05) is 19.7 Å². The highest BCUT2D eigenvalue weighted by Gasteiger charge is 2.34. The van der Waals surface area contributed by atoms with E-state index in [1.807, 2.05) is 4.90 Å². The maximum Gasteiger partial charge on any atom is 0.223 e. The number of aliphatic hydroxyl groups excluding tert-OH is 1. The largest absolute Gasteiger partial charge is 0.394 e. The van der Waals surface area contributed by atoms with Crippen LogP contribution in [0.2, 0.25) is 0 Å². The molecule has 0 spiro atoms. The Balaban J connectivity index is 1.81. The van der Waals surface area contributed by atoms with E-state index in [1.165, 1.54) is 12.8 Å². The number of hydrogen-bond acceptors (Lipinski definition) is 3. The average molecular weight is 268 g/mol. The molecule has 1 amide bonds. The Bertz CT molecular complexity index is 301. The van der Waals surface area contributed by atoms with Gasteiger partial charge in [-0.25, -0.2) is 0 Å². The molecule has 1 heterocycles. The molecule has 2 atom stereocenters. The lowest BCUT2D eigenvalue weighted by atomic mass is 9.80. The molecule has 0 aromatic heterocycles. The first-order chi connectivity index (χ1) is 9.15. The Morgan fingerprint density at radius 2 is 1.84 bits per heavy atom. The SMILES string of the molecule is CC1CCN(C(=O)CC2CCC(CN)CC2)C1CO. The summed E-state index contributed by atoms with van der Waals surface area (Å²) in [5, 5.41) is 9.42. The van der Waals surface area contributed by atoms with Gasteiger partial charge in [-0.3, -0.25) is 4.79 Å². The van der Waals surface area contributed by atoms with Crippen LogP contribution in [0.25, 0.3) is 0 Å². The van der Waals surface area contributed by atoms with Gasteiger partial charge in [-0.05, 0) is 56.4 Å². The fourth-order valence-corrected chi connectivity index (χ4v) is 3.63. The second-order valence-corrected chi connectivity index (χ2v) is 6.43. The summed E-state index contributed by atoms with van der Waals surface area (Å²) in [5.74, 6) is 1.88. The highest BCUT2D eigenvalue weighted by atomic mass is 16.3. The molecular weight excluding hydrogens is 240 g/mol. The molecular formula is C15H28N2O2. The number of carbonyl (C=O) groups excluding carboxylic acids is 1. The summed E-state index contributed by atoms with van der Waals surface area (Å²) in [4.78, 5) is 14.3. The Morgan fingerprint density at radius 1 is 1.21 bits per heavy atom. The van der Waals surface area contributed by atoms with Gasteiger partial charge >= 0.3 is 0 Å². The number of carbonyl (C=O) groups is 1. The van der Waals surface area contributed by atoms with Gasteiger partial charge in [0.25, 0.3) is 0 Å². The van der Waals surface area contributed by atoms with E-state index in [1.54, 1.807) is 0 Å². The van der Waals surface area contributed by atoms with E-state index < -0.39 is 0 Å². The number of nitrogens with two attached hydrogens (primary N) is 1. The topological polar surface area (TPSA) is 66.6 Å². The molecule has 0 radical (unpaired) electrons. The molecule has 4 heteroatoms. The van der Waals surface area contributed by atoms with E-state index in [9.17, 15) is 9.90 Å². The van der Waals surface area contributed by atoms with Gasteiger partial charge in [0.2, 0.25) is 5.91 Å². The standard InChI is InChI=1S/C15H28N2O2/c1-11-6-7-17(14(11)10-18)15(19)8-12-2-4-13(9-16)5-3-12/h11-14,18H,2-10,16H2,1H3. The fourth-order valence-electron chi connectivity index (χ4n) is 3.63. The summed E-state index contributed by atoms with van der Waals surface area (Å²) in [6, 6.07) is 0.0490. The first-order valence-corrected chi connectivity index (χ1v) is 7.76. The zero-order chi connectivity index (χ0) is 13.8. The molecule has 2 unspecified atom stereocenters. The molecule has 0 bridgehead atoms. The van der Waals surface area contributed by atoms with Crippen LogP contribution in [0.15, 0.2) is 0 Å². The number of amides is 1. The summed E-state index contributed by atoms with van der Waals surface area (Å²) in [5.41, 5.74) is 5.70. The quantitative estimate of drug-likeness (QED) is 0.809. The Kier molecular flexibility index (Phi) is 5.22. The van der Waals surface area contributed by atoms with Crippen molar-refractivity contribution in [2.45, 2.75) is 51.5 Å².